The molecule has 2 rings (SSSR count). The lowest BCUT2D eigenvalue weighted by Crippen LogP contribution is -2.25. The molecule has 9 heteroatoms. The van der Waals surface area contributed by atoms with Crippen LogP contribution in [0.15, 0.2) is 38.1 Å². The molecular weight excluding hydrogens is 508 g/mol. The third kappa shape index (κ3) is 4.42. The number of anilines is 1. The van der Waals surface area contributed by atoms with E-state index < -0.39 is 15.7 Å². The highest BCUT2D eigenvalue weighted by Gasteiger charge is 2.19. The van der Waals surface area contributed by atoms with Crippen molar-refractivity contribution in [1.29, 1.82) is 0 Å². The summed E-state index contributed by atoms with van der Waals surface area (Å²) in [5, 5.41) is 3.10. The smallest absolute Gasteiger partial charge is 0.253 e. The number of rotatable bonds is 5. The minimum Gasteiger partial charge on any atom is -0.397 e. The number of sulfone groups is 1. The zero-order chi connectivity index (χ0) is 19.6. The molecule has 0 saturated carbocycles. The molecule has 0 heterocycles. The zero-order valence-corrected chi connectivity index (χ0v) is 18.8. The molecule has 140 valence electrons. The number of amides is 1. The molecule has 0 aliphatic rings. The van der Waals surface area contributed by atoms with Gasteiger partial charge in [-0.1, -0.05) is 34.5 Å². The van der Waals surface area contributed by atoms with Gasteiger partial charge in [0.2, 0.25) is 0 Å². The number of nitrogen functional groups attached to an aromatic ring is 1. The van der Waals surface area contributed by atoms with Crippen molar-refractivity contribution >= 4 is 64.9 Å². The Morgan fingerprint density at radius 3 is 2.54 bits per heavy atom. The van der Waals surface area contributed by atoms with Crippen molar-refractivity contribution in [3.63, 3.8) is 0 Å². The predicted octanol–water partition coefficient (Wildman–Crippen LogP) is 4.48. The quantitative estimate of drug-likeness (QED) is 0.565. The van der Waals surface area contributed by atoms with Gasteiger partial charge in [-0.05, 0) is 58.2 Å². The summed E-state index contributed by atoms with van der Waals surface area (Å²) in [6, 6.07) is 6.14. The third-order valence-electron chi connectivity index (χ3n) is 3.91. The van der Waals surface area contributed by atoms with Gasteiger partial charge in [-0.15, -0.1) is 0 Å². The van der Waals surface area contributed by atoms with Crippen LogP contribution in [0.5, 0.6) is 0 Å². The molecule has 0 aliphatic heterocycles. The fraction of sp³-hybridized carbons (Fsp3) is 0.235. The van der Waals surface area contributed by atoms with Crippen LogP contribution >= 0.6 is 43.5 Å². The summed E-state index contributed by atoms with van der Waals surface area (Å²) in [5.74, 6) is -0.455. The molecule has 2 aromatic rings. The van der Waals surface area contributed by atoms with Crippen molar-refractivity contribution in [2.45, 2.75) is 25.3 Å². The van der Waals surface area contributed by atoms with Crippen LogP contribution in [0, 0.1) is 6.92 Å². The Kier molecular flexibility index (Phi) is 6.76. The first-order chi connectivity index (χ1) is 12.1. The first-order valence-corrected chi connectivity index (χ1v) is 11.2. The minimum absolute atomic E-state index is 0.0104. The monoisotopic (exact) mass is 522 g/mol. The van der Waals surface area contributed by atoms with Crippen LogP contribution in [0.4, 0.5) is 5.69 Å². The van der Waals surface area contributed by atoms with E-state index in [4.69, 9.17) is 17.3 Å². The van der Waals surface area contributed by atoms with E-state index >= 15 is 0 Å². The predicted molar refractivity (Wildman–Crippen MR) is 111 cm³/mol. The van der Waals surface area contributed by atoms with Crippen LogP contribution in [0.2, 0.25) is 5.02 Å². The molecule has 5 nitrogen and oxygen atoms in total. The fourth-order valence-corrected chi connectivity index (χ4v) is 4.77. The summed E-state index contributed by atoms with van der Waals surface area (Å²) < 4.78 is 25.9. The largest absolute Gasteiger partial charge is 0.397 e. The molecule has 1 amide bonds. The van der Waals surface area contributed by atoms with Crippen LogP contribution in [-0.2, 0) is 16.4 Å². The zero-order valence-electron chi connectivity index (χ0n) is 14.1. The summed E-state index contributed by atoms with van der Waals surface area (Å²) >= 11 is 12.7. The highest BCUT2D eigenvalue weighted by atomic mass is 79.9. The van der Waals surface area contributed by atoms with Crippen LogP contribution < -0.4 is 11.1 Å². The Morgan fingerprint density at radius 1 is 1.27 bits per heavy atom. The third-order valence-corrected chi connectivity index (χ3v) is 7.82. The Bertz CT molecular complexity index is 978. The summed E-state index contributed by atoms with van der Waals surface area (Å²) in [5.41, 5.74) is 7.93. The molecule has 0 aromatic heterocycles. The van der Waals surface area contributed by atoms with E-state index in [-0.39, 0.29) is 22.8 Å². The Hall–Kier alpha value is -1.09. The molecule has 2 aromatic carbocycles. The van der Waals surface area contributed by atoms with E-state index in [9.17, 15) is 13.2 Å². The van der Waals surface area contributed by atoms with E-state index in [1.807, 2.05) is 6.92 Å². The lowest BCUT2D eigenvalue weighted by molar-refractivity contribution is 0.0951. The molecule has 0 radical (unpaired) electrons. The van der Waals surface area contributed by atoms with Gasteiger partial charge in [0, 0.05) is 20.5 Å². The SMILES string of the molecule is CCS(=O)(=O)c1ccc(Cl)cc1CNC(=O)c1cc(Br)c(C)c(Br)c1N. The summed E-state index contributed by atoms with van der Waals surface area (Å²) in [6.45, 7) is 3.44. The summed E-state index contributed by atoms with van der Waals surface area (Å²) in [7, 11) is -3.43. The lowest BCUT2D eigenvalue weighted by Gasteiger charge is -2.14. The molecule has 26 heavy (non-hydrogen) atoms. The van der Waals surface area contributed by atoms with Gasteiger partial charge in [-0.3, -0.25) is 4.79 Å². The molecule has 3 N–H and O–H groups in total. The number of hydrogen-bond acceptors (Lipinski definition) is 4. The van der Waals surface area contributed by atoms with Gasteiger partial charge in [-0.25, -0.2) is 8.42 Å². The van der Waals surface area contributed by atoms with Gasteiger partial charge in [0.15, 0.2) is 9.84 Å². The van der Waals surface area contributed by atoms with Crippen molar-refractivity contribution in [1.82, 2.24) is 5.32 Å². The fourth-order valence-electron chi connectivity index (χ4n) is 2.34. The highest BCUT2D eigenvalue weighted by molar-refractivity contribution is 9.11. The maximum Gasteiger partial charge on any atom is 0.253 e. The Balaban J connectivity index is 2.33. The van der Waals surface area contributed by atoms with Crippen LogP contribution in [0.3, 0.4) is 0 Å². The maximum absolute atomic E-state index is 12.6. The molecule has 0 spiro atoms. The van der Waals surface area contributed by atoms with Gasteiger partial charge < -0.3 is 11.1 Å². The van der Waals surface area contributed by atoms with Crippen molar-refractivity contribution in [3.05, 3.63) is 54.9 Å². The maximum atomic E-state index is 12.6. The Morgan fingerprint density at radius 2 is 1.92 bits per heavy atom. The van der Waals surface area contributed by atoms with Crippen LogP contribution in [-0.4, -0.2) is 20.1 Å². The van der Waals surface area contributed by atoms with E-state index in [2.05, 4.69) is 37.2 Å². The number of nitrogens with one attached hydrogen (secondary N) is 1. The van der Waals surface area contributed by atoms with Gasteiger partial charge in [0.1, 0.15) is 0 Å². The van der Waals surface area contributed by atoms with Crippen molar-refractivity contribution in [3.8, 4) is 0 Å². The lowest BCUT2D eigenvalue weighted by atomic mass is 10.1. The number of halogens is 3. The average molecular weight is 525 g/mol. The Labute approximate surface area is 174 Å². The molecule has 0 atom stereocenters. The van der Waals surface area contributed by atoms with Crippen molar-refractivity contribution < 1.29 is 13.2 Å². The van der Waals surface area contributed by atoms with Crippen LogP contribution in [0.1, 0.15) is 28.4 Å². The molecule has 0 aliphatic carbocycles. The van der Waals surface area contributed by atoms with E-state index in [1.165, 1.54) is 18.2 Å². The van der Waals surface area contributed by atoms with Gasteiger partial charge >= 0.3 is 0 Å². The van der Waals surface area contributed by atoms with Gasteiger partial charge in [0.05, 0.1) is 21.9 Å². The molecular formula is C17H17Br2ClN2O3S. The number of carbonyl (C=O) groups is 1. The normalized spacial score (nSPS) is 11.4. The van der Waals surface area contributed by atoms with E-state index in [0.717, 1.165) is 10.0 Å². The van der Waals surface area contributed by atoms with Gasteiger partial charge in [0.25, 0.3) is 5.91 Å². The van der Waals surface area contributed by atoms with E-state index in [0.29, 0.717) is 20.7 Å². The average Bonchev–Trinajstić information content (AvgIpc) is 2.60. The first-order valence-electron chi connectivity index (χ1n) is 7.62. The van der Waals surface area contributed by atoms with Crippen molar-refractivity contribution in [2.75, 3.05) is 11.5 Å². The molecule has 0 fully saturated rings. The van der Waals surface area contributed by atoms with Crippen LogP contribution in [0.25, 0.3) is 0 Å². The van der Waals surface area contributed by atoms with E-state index in [1.54, 1.807) is 13.0 Å². The number of carbonyl (C=O) groups excluding carboxylic acids is 1. The first kappa shape index (κ1) is 21.2. The summed E-state index contributed by atoms with van der Waals surface area (Å²) in [4.78, 5) is 12.7. The molecule has 0 unspecified atom stereocenters. The topological polar surface area (TPSA) is 89.3 Å². The number of nitrogens with two attached hydrogens (primary N) is 1. The van der Waals surface area contributed by atoms with Crippen molar-refractivity contribution in [2.24, 2.45) is 0 Å². The number of hydrogen-bond donors (Lipinski definition) is 2. The number of benzene rings is 2. The molecule has 0 saturated heterocycles. The second-order valence-corrected chi connectivity index (χ2v) is 9.93. The standard InChI is InChI=1S/C17H17Br2ClN2O3S/c1-3-26(24,25)14-5-4-11(20)6-10(14)8-22-17(23)12-7-13(18)9(2)15(19)16(12)21/h4-7H,3,8,21H2,1-2H3,(H,22,23). The second-order valence-electron chi connectivity index (χ2n) is 5.60. The molecule has 0 bridgehead atoms. The minimum atomic E-state index is -3.43. The van der Waals surface area contributed by atoms with Gasteiger partial charge in [-0.2, -0.15) is 0 Å². The highest BCUT2D eigenvalue weighted by Crippen LogP contribution is 2.33. The summed E-state index contributed by atoms with van der Waals surface area (Å²) in [6.07, 6.45) is 0. The second kappa shape index (κ2) is 8.29.